The summed E-state index contributed by atoms with van der Waals surface area (Å²) in [5, 5.41) is 17.2. The van der Waals surface area contributed by atoms with Gasteiger partial charge in [-0.3, -0.25) is 9.59 Å². The Morgan fingerprint density at radius 2 is 1.67 bits per heavy atom. The van der Waals surface area contributed by atoms with E-state index in [0.717, 1.165) is 12.8 Å². The molecular weight excluding hydrogens is 200 g/mol. The lowest BCUT2D eigenvalue weighted by Gasteiger charge is -2.10. The highest BCUT2D eigenvalue weighted by atomic mass is 16.4. The smallest absolute Gasteiger partial charge is 0.306 e. The average Bonchev–Trinajstić information content (AvgIpc) is 2.09. The van der Waals surface area contributed by atoms with Crippen LogP contribution in [0.1, 0.15) is 45.4 Å². The molecule has 0 aliphatic heterocycles. The summed E-state index contributed by atoms with van der Waals surface area (Å²) in [5.74, 6) is -2.03. The summed E-state index contributed by atoms with van der Waals surface area (Å²) in [6.07, 6.45) is 3.52. The van der Waals surface area contributed by atoms with Crippen molar-refractivity contribution in [1.82, 2.24) is 0 Å². The van der Waals surface area contributed by atoms with E-state index >= 15 is 0 Å². The topological polar surface area (TPSA) is 106 Å². The van der Waals surface area contributed by atoms with Crippen LogP contribution in [0.15, 0.2) is 0 Å². The van der Waals surface area contributed by atoms with Crippen LogP contribution < -0.4 is 0 Å². The maximum Gasteiger partial charge on any atom is 0.306 e. The van der Waals surface area contributed by atoms with E-state index < -0.39 is 11.9 Å². The molecule has 4 N–H and O–H groups in total. The first-order chi connectivity index (χ1) is 6.57. The van der Waals surface area contributed by atoms with Gasteiger partial charge in [-0.1, -0.05) is 19.8 Å². The van der Waals surface area contributed by atoms with Gasteiger partial charge in [0, 0.05) is 6.42 Å². The fourth-order valence-electron chi connectivity index (χ4n) is 1.34. The van der Waals surface area contributed by atoms with Gasteiger partial charge >= 0.3 is 11.9 Å². The van der Waals surface area contributed by atoms with Gasteiger partial charge in [-0.05, 0) is 19.3 Å². The molecule has 0 radical (unpaired) electrons. The molecule has 5 heteroatoms. The van der Waals surface area contributed by atoms with E-state index in [1.54, 1.807) is 0 Å². The number of rotatable bonds is 8. The van der Waals surface area contributed by atoms with Gasteiger partial charge in [0.25, 0.3) is 0 Å². The predicted molar refractivity (Wildman–Crippen MR) is 55.8 cm³/mol. The second-order valence-corrected chi connectivity index (χ2v) is 3.46. The summed E-state index contributed by atoms with van der Waals surface area (Å²) >= 11 is 0. The molecule has 0 fully saturated rings. The molecule has 15 heavy (non-hydrogen) atoms. The van der Waals surface area contributed by atoms with Gasteiger partial charge in [0.2, 0.25) is 0 Å². The molecule has 0 saturated carbocycles. The van der Waals surface area contributed by atoms with Crippen LogP contribution in [0, 0.1) is 5.92 Å². The molecule has 0 bridgehead atoms. The molecule has 0 aromatic heterocycles. The van der Waals surface area contributed by atoms with Crippen LogP contribution >= 0.6 is 0 Å². The Labute approximate surface area is 89.4 Å². The summed E-state index contributed by atoms with van der Waals surface area (Å²) in [4.78, 5) is 21.0. The Balaban J connectivity index is 0. The normalized spacial score (nSPS) is 11.5. The molecule has 0 aromatic rings. The molecular formula is C10H20O5. The number of hydrogen-bond donors (Lipinski definition) is 2. The largest absolute Gasteiger partial charge is 0.481 e. The second-order valence-electron chi connectivity index (χ2n) is 3.46. The zero-order valence-electron chi connectivity index (χ0n) is 9.03. The molecule has 0 amide bonds. The first-order valence-electron chi connectivity index (χ1n) is 5.02. The fraction of sp³-hybridized carbons (Fsp3) is 0.800. The van der Waals surface area contributed by atoms with Crippen molar-refractivity contribution < 1.29 is 25.3 Å². The number of unbranched alkanes of at least 4 members (excludes halogenated alkanes) is 1. The van der Waals surface area contributed by atoms with E-state index in [1.165, 1.54) is 0 Å². The van der Waals surface area contributed by atoms with E-state index in [-0.39, 0.29) is 17.8 Å². The van der Waals surface area contributed by atoms with E-state index in [9.17, 15) is 9.59 Å². The van der Waals surface area contributed by atoms with Crippen molar-refractivity contribution >= 4 is 11.9 Å². The standard InChI is InChI=1S/C10H18O4.H2O/c1-2-3-5-8(10(13)14)6-4-7-9(11)12;/h8H,2-7H2,1H3,(H,11,12)(H,13,14);1H2. The van der Waals surface area contributed by atoms with Gasteiger partial charge in [-0.2, -0.15) is 0 Å². The predicted octanol–water partition coefficient (Wildman–Crippen LogP) is 1.31. The Hall–Kier alpha value is -1.10. The van der Waals surface area contributed by atoms with Crippen molar-refractivity contribution in [2.24, 2.45) is 5.92 Å². The monoisotopic (exact) mass is 220 g/mol. The lowest BCUT2D eigenvalue weighted by Crippen LogP contribution is -2.14. The average molecular weight is 220 g/mol. The first-order valence-corrected chi connectivity index (χ1v) is 5.02. The highest BCUT2D eigenvalue weighted by Crippen LogP contribution is 2.16. The minimum atomic E-state index is -0.857. The maximum atomic E-state index is 10.7. The van der Waals surface area contributed by atoms with Crippen molar-refractivity contribution in [1.29, 1.82) is 0 Å². The van der Waals surface area contributed by atoms with Crippen LogP contribution in [-0.4, -0.2) is 27.6 Å². The summed E-state index contributed by atoms with van der Waals surface area (Å²) in [6.45, 7) is 2.01. The summed E-state index contributed by atoms with van der Waals surface area (Å²) in [6, 6.07) is 0. The van der Waals surface area contributed by atoms with Gasteiger partial charge in [0.1, 0.15) is 0 Å². The zero-order chi connectivity index (χ0) is 11.0. The molecule has 0 heterocycles. The van der Waals surface area contributed by atoms with Gasteiger partial charge in [0.05, 0.1) is 5.92 Å². The van der Waals surface area contributed by atoms with Crippen molar-refractivity contribution in [2.75, 3.05) is 0 Å². The Morgan fingerprint density at radius 3 is 2.07 bits per heavy atom. The van der Waals surface area contributed by atoms with Gasteiger partial charge in [-0.15, -0.1) is 0 Å². The number of carbonyl (C=O) groups is 2. The van der Waals surface area contributed by atoms with Crippen LogP contribution in [0.25, 0.3) is 0 Å². The number of hydrogen-bond acceptors (Lipinski definition) is 2. The van der Waals surface area contributed by atoms with Crippen LogP contribution in [-0.2, 0) is 9.59 Å². The van der Waals surface area contributed by atoms with E-state index in [1.807, 2.05) is 6.92 Å². The lowest BCUT2D eigenvalue weighted by molar-refractivity contribution is -0.143. The van der Waals surface area contributed by atoms with E-state index in [2.05, 4.69) is 0 Å². The number of carboxylic acid groups (broad SMARTS) is 2. The van der Waals surface area contributed by atoms with Crippen molar-refractivity contribution in [3.63, 3.8) is 0 Å². The molecule has 1 atom stereocenters. The molecule has 0 aromatic carbocycles. The van der Waals surface area contributed by atoms with E-state index in [0.29, 0.717) is 19.3 Å². The first kappa shape index (κ1) is 16.3. The lowest BCUT2D eigenvalue weighted by atomic mass is 9.96. The molecule has 90 valence electrons. The van der Waals surface area contributed by atoms with Crippen molar-refractivity contribution in [3.05, 3.63) is 0 Å². The van der Waals surface area contributed by atoms with Gasteiger partial charge < -0.3 is 15.7 Å². The minimum absolute atomic E-state index is 0. The van der Waals surface area contributed by atoms with Crippen molar-refractivity contribution in [2.45, 2.75) is 45.4 Å². The Kier molecular flexibility index (Phi) is 10.3. The van der Waals surface area contributed by atoms with Crippen molar-refractivity contribution in [3.8, 4) is 0 Å². The van der Waals surface area contributed by atoms with E-state index in [4.69, 9.17) is 10.2 Å². The third kappa shape index (κ3) is 9.21. The fourth-order valence-corrected chi connectivity index (χ4v) is 1.34. The maximum absolute atomic E-state index is 10.7. The third-order valence-electron chi connectivity index (χ3n) is 2.20. The van der Waals surface area contributed by atoms with Crippen LogP contribution in [0.2, 0.25) is 0 Å². The van der Waals surface area contributed by atoms with Gasteiger partial charge in [-0.25, -0.2) is 0 Å². The van der Waals surface area contributed by atoms with Crippen LogP contribution in [0.3, 0.4) is 0 Å². The molecule has 0 aliphatic carbocycles. The second kappa shape index (κ2) is 9.45. The Bertz CT molecular complexity index is 190. The number of carboxylic acids is 2. The molecule has 0 saturated heterocycles. The zero-order valence-corrected chi connectivity index (χ0v) is 9.03. The minimum Gasteiger partial charge on any atom is -0.481 e. The SMILES string of the molecule is CCCCC(CCCC(=O)O)C(=O)O.O. The van der Waals surface area contributed by atoms with Crippen LogP contribution in [0.5, 0.6) is 0 Å². The Morgan fingerprint density at radius 1 is 1.13 bits per heavy atom. The quantitative estimate of drug-likeness (QED) is 0.643. The summed E-state index contributed by atoms with van der Waals surface area (Å²) in [5.41, 5.74) is 0. The molecule has 5 nitrogen and oxygen atoms in total. The molecule has 1 unspecified atom stereocenters. The third-order valence-corrected chi connectivity index (χ3v) is 2.20. The van der Waals surface area contributed by atoms with Gasteiger partial charge in [0.15, 0.2) is 0 Å². The highest BCUT2D eigenvalue weighted by Gasteiger charge is 2.16. The molecule has 0 aliphatic rings. The summed E-state index contributed by atoms with van der Waals surface area (Å²) in [7, 11) is 0. The molecule has 0 rings (SSSR count). The number of aliphatic carboxylic acids is 2. The summed E-state index contributed by atoms with van der Waals surface area (Å²) < 4.78 is 0. The van der Waals surface area contributed by atoms with Crippen LogP contribution in [0.4, 0.5) is 0 Å². The molecule has 0 spiro atoms. The highest BCUT2D eigenvalue weighted by molar-refractivity contribution is 5.70.